The van der Waals surface area contributed by atoms with E-state index in [1.165, 1.54) is 5.56 Å². The van der Waals surface area contributed by atoms with Crippen LogP contribution in [0.2, 0.25) is 0 Å². The third kappa shape index (κ3) is 3.61. The van der Waals surface area contributed by atoms with Gasteiger partial charge in [0.25, 0.3) is 0 Å². The summed E-state index contributed by atoms with van der Waals surface area (Å²) in [4.78, 5) is 0. The first-order valence-electron chi connectivity index (χ1n) is 7.73. The zero-order valence-corrected chi connectivity index (χ0v) is 13.5. The van der Waals surface area contributed by atoms with Crippen LogP contribution in [0.5, 0.6) is 0 Å². The number of nitrogens with zero attached hydrogens (tertiary/aromatic N) is 2. The van der Waals surface area contributed by atoms with Crippen LogP contribution in [-0.4, -0.2) is 35.1 Å². The Balaban J connectivity index is 1.70. The van der Waals surface area contributed by atoms with Crippen molar-refractivity contribution in [1.82, 2.24) is 15.1 Å². The summed E-state index contributed by atoms with van der Waals surface area (Å²) in [6.07, 6.45) is 5.51. The molecule has 2 unspecified atom stereocenters. The molecule has 1 aromatic heterocycles. The Labute approximate surface area is 122 Å². The lowest BCUT2D eigenvalue weighted by Crippen LogP contribution is -2.61. The number of aryl methyl sites for hydroxylation is 1. The smallest absolute Gasteiger partial charge is 0.0656 e. The van der Waals surface area contributed by atoms with Crippen molar-refractivity contribution in [2.45, 2.75) is 59.7 Å². The Morgan fingerprint density at radius 1 is 1.50 bits per heavy atom. The molecule has 1 aliphatic carbocycles. The van der Waals surface area contributed by atoms with Crippen LogP contribution in [0.15, 0.2) is 12.4 Å². The maximum absolute atomic E-state index is 6.00. The Morgan fingerprint density at radius 3 is 2.80 bits per heavy atom. The van der Waals surface area contributed by atoms with Gasteiger partial charge in [0.05, 0.1) is 18.8 Å². The molecule has 1 N–H and O–H groups in total. The van der Waals surface area contributed by atoms with Gasteiger partial charge in [-0.05, 0) is 24.8 Å². The number of nitrogens with one attached hydrogen (secondary N) is 1. The number of ether oxygens (including phenoxy) is 1. The lowest BCUT2D eigenvalue weighted by atomic mass is 9.64. The molecule has 0 aliphatic heterocycles. The molecular weight excluding hydrogens is 250 g/mol. The molecule has 4 heteroatoms. The summed E-state index contributed by atoms with van der Waals surface area (Å²) in [5.41, 5.74) is 1.45. The standard InChI is InChI=1S/C16H29N3O/c1-12(2)11-20-15-8-14(16(15,4)5)17-6-7-19-10-13(3)9-18-19/h9-10,12,14-15,17H,6-8,11H2,1-5H3. The Kier molecular flexibility index (Phi) is 4.86. The molecule has 1 fully saturated rings. The van der Waals surface area contributed by atoms with Crippen LogP contribution in [0.25, 0.3) is 0 Å². The summed E-state index contributed by atoms with van der Waals surface area (Å²) < 4.78 is 8.00. The van der Waals surface area contributed by atoms with Gasteiger partial charge in [-0.3, -0.25) is 4.68 Å². The summed E-state index contributed by atoms with van der Waals surface area (Å²) in [7, 11) is 0. The molecule has 1 heterocycles. The normalized spacial score (nSPS) is 24.9. The van der Waals surface area contributed by atoms with Crippen molar-refractivity contribution < 1.29 is 4.74 Å². The van der Waals surface area contributed by atoms with Gasteiger partial charge < -0.3 is 10.1 Å². The number of hydrogen-bond donors (Lipinski definition) is 1. The van der Waals surface area contributed by atoms with Gasteiger partial charge in [-0.1, -0.05) is 27.7 Å². The maximum Gasteiger partial charge on any atom is 0.0656 e. The first-order valence-corrected chi connectivity index (χ1v) is 7.73. The molecule has 114 valence electrons. The fraction of sp³-hybridized carbons (Fsp3) is 0.812. The van der Waals surface area contributed by atoms with Crippen LogP contribution in [0.4, 0.5) is 0 Å². The van der Waals surface area contributed by atoms with Crippen molar-refractivity contribution in [1.29, 1.82) is 0 Å². The van der Waals surface area contributed by atoms with E-state index >= 15 is 0 Å². The topological polar surface area (TPSA) is 39.1 Å². The number of aromatic nitrogens is 2. The van der Waals surface area contributed by atoms with Gasteiger partial charge in [0.1, 0.15) is 0 Å². The molecule has 2 rings (SSSR count). The molecule has 1 aliphatic rings. The van der Waals surface area contributed by atoms with Crippen molar-refractivity contribution in [2.75, 3.05) is 13.2 Å². The van der Waals surface area contributed by atoms with Crippen LogP contribution in [0.3, 0.4) is 0 Å². The summed E-state index contributed by atoms with van der Waals surface area (Å²) in [5.74, 6) is 0.612. The second-order valence-electron chi connectivity index (χ2n) is 7.06. The van der Waals surface area contributed by atoms with Crippen molar-refractivity contribution in [3.8, 4) is 0 Å². The molecule has 0 radical (unpaired) electrons. The predicted molar refractivity (Wildman–Crippen MR) is 81.7 cm³/mol. The SMILES string of the molecule is Cc1cnn(CCNC2CC(OCC(C)C)C2(C)C)c1. The molecule has 0 bridgehead atoms. The summed E-state index contributed by atoms with van der Waals surface area (Å²) in [5, 5.41) is 7.95. The fourth-order valence-corrected chi connectivity index (χ4v) is 2.77. The van der Waals surface area contributed by atoms with Gasteiger partial charge in [-0.25, -0.2) is 0 Å². The van der Waals surface area contributed by atoms with Crippen molar-refractivity contribution in [2.24, 2.45) is 11.3 Å². The average Bonchev–Trinajstić information content (AvgIpc) is 2.77. The van der Waals surface area contributed by atoms with Crippen molar-refractivity contribution in [3.05, 3.63) is 18.0 Å². The minimum atomic E-state index is 0.231. The minimum absolute atomic E-state index is 0.231. The molecule has 0 amide bonds. The first-order chi connectivity index (χ1) is 9.39. The van der Waals surface area contributed by atoms with Crippen LogP contribution >= 0.6 is 0 Å². The summed E-state index contributed by atoms with van der Waals surface area (Å²) in [6.45, 7) is 13.8. The maximum atomic E-state index is 6.00. The minimum Gasteiger partial charge on any atom is -0.377 e. The van der Waals surface area contributed by atoms with Gasteiger partial charge in [0.2, 0.25) is 0 Å². The molecule has 0 aromatic carbocycles. The molecule has 1 aromatic rings. The zero-order chi connectivity index (χ0) is 14.8. The molecule has 20 heavy (non-hydrogen) atoms. The van der Waals surface area contributed by atoms with E-state index in [2.05, 4.69) is 51.2 Å². The summed E-state index contributed by atoms with van der Waals surface area (Å²) >= 11 is 0. The molecule has 1 saturated carbocycles. The number of hydrogen-bond acceptors (Lipinski definition) is 3. The quantitative estimate of drug-likeness (QED) is 0.834. The van der Waals surface area contributed by atoms with Crippen LogP contribution in [0.1, 0.15) is 39.7 Å². The van der Waals surface area contributed by atoms with E-state index in [-0.39, 0.29) is 5.41 Å². The Bertz CT molecular complexity index is 425. The third-order valence-corrected chi connectivity index (χ3v) is 4.30. The van der Waals surface area contributed by atoms with E-state index in [4.69, 9.17) is 4.74 Å². The van der Waals surface area contributed by atoms with Gasteiger partial charge in [-0.2, -0.15) is 5.10 Å². The van der Waals surface area contributed by atoms with Gasteiger partial charge in [0.15, 0.2) is 0 Å². The van der Waals surface area contributed by atoms with E-state index < -0.39 is 0 Å². The Morgan fingerprint density at radius 2 is 2.25 bits per heavy atom. The van der Waals surface area contributed by atoms with Gasteiger partial charge in [0, 0.05) is 30.8 Å². The largest absolute Gasteiger partial charge is 0.377 e. The van der Waals surface area contributed by atoms with Crippen molar-refractivity contribution >= 4 is 0 Å². The van der Waals surface area contributed by atoms with Gasteiger partial charge in [-0.15, -0.1) is 0 Å². The zero-order valence-electron chi connectivity index (χ0n) is 13.5. The van der Waals surface area contributed by atoms with Crippen LogP contribution in [-0.2, 0) is 11.3 Å². The van der Waals surface area contributed by atoms with E-state index in [1.807, 2.05) is 10.9 Å². The third-order valence-electron chi connectivity index (χ3n) is 4.30. The second-order valence-corrected chi connectivity index (χ2v) is 7.06. The highest BCUT2D eigenvalue weighted by molar-refractivity contribution is 5.03. The van der Waals surface area contributed by atoms with E-state index in [0.29, 0.717) is 18.1 Å². The highest BCUT2D eigenvalue weighted by Crippen LogP contribution is 2.42. The second kappa shape index (κ2) is 6.27. The van der Waals surface area contributed by atoms with Crippen LogP contribution < -0.4 is 5.32 Å². The van der Waals surface area contributed by atoms with E-state index in [9.17, 15) is 0 Å². The molecule has 0 spiro atoms. The van der Waals surface area contributed by atoms with Gasteiger partial charge >= 0.3 is 0 Å². The average molecular weight is 279 g/mol. The fourth-order valence-electron chi connectivity index (χ4n) is 2.77. The summed E-state index contributed by atoms with van der Waals surface area (Å²) in [6, 6.07) is 0.552. The van der Waals surface area contributed by atoms with Crippen molar-refractivity contribution in [3.63, 3.8) is 0 Å². The predicted octanol–water partition coefficient (Wildman–Crippen LogP) is 2.62. The van der Waals surface area contributed by atoms with E-state index in [1.54, 1.807) is 0 Å². The number of rotatable bonds is 7. The van der Waals surface area contributed by atoms with Crippen LogP contribution in [0, 0.1) is 18.3 Å². The molecule has 0 saturated heterocycles. The molecule has 2 atom stereocenters. The Hall–Kier alpha value is -0.870. The molecule has 4 nitrogen and oxygen atoms in total. The highest BCUT2D eigenvalue weighted by Gasteiger charge is 2.48. The highest BCUT2D eigenvalue weighted by atomic mass is 16.5. The first kappa shape index (κ1) is 15.5. The van der Waals surface area contributed by atoms with E-state index in [0.717, 1.165) is 26.1 Å². The monoisotopic (exact) mass is 279 g/mol. The lowest BCUT2D eigenvalue weighted by molar-refractivity contribution is -0.123. The molecular formula is C16H29N3O. The lowest BCUT2D eigenvalue weighted by Gasteiger charge is -2.52.